The Morgan fingerprint density at radius 1 is 0.966 bits per heavy atom. The minimum absolute atomic E-state index is 0.193. The largest absolute Gasteiger partial charge is 0.339 e. The SMILES string of the molecule is CCN(CC)C(=O)c1ccccc1NC(=O)[C@@H](C)N(c1ccccc1)S(C)(=O)=O. The van der Waals surface area contributed by atoms with Crippen molar-refractivity contribution in [1.29, 1.82) is 0 Å². The fraction of sp³-hybridized carbons (Fsp3) is 0.333. The van der Waals surface area contributed by atoms with E-state index in [4.69, 9.17) is 0 Å². The predicted octanol–water partition coefficient (Wildman–Crippen LogP) is 2.96. The zero-order chi connectivity index (χ0) is 21.6. The molecular weight excluding hydrogens is 390 g/mol. The molecule has 0 saturated heterocycles. The highest BCUT2D eigenvalue weighted by Crippen LogP contribution is 2.22. The summed E-state index contributed by atoms with van der Waals surface area (Å²) < 4.78 is 25.8. The Hall–Kier alpha value is -2.87. The molecule has 0 aliphatic rings. The third-order valence-corrected chi connectivity index (χ3v) is 5.81. The van der Waals surface area contributed by atoms with Gasteiger partial charge in [-0.15, -0.1) is 0 Å². The van der Waals surface area contributed by atoms with Gasteiger partial charge in [0.05, 0.1) is 23.2 Å². The summed E-state index contributed by atoms with van der Waals surface area (Å²) in [6.45, 7) is 6.37. The molecule has 0 bridgehead atoms. The van der Waals surface area contributed by atoms with Gasteiger partial charge in [0.25, 0.3) is 5.91 Å². The van der Waals surface area contributed by atoms with Crippen molar-refractivity contribution in [2.75, 3.05) is 29.0 Å². The van der Waals surface area contributed by atoms with Gasteiger partial charge in [0.15, 0.2) is 0 Å². The minimum Gasteiger partial charge on any atom is -0.339 e. The van der Waals surface area contributed by atoms with Crippen LogP contribution >= 0.6 is 0 Å². The van der Waals surface area contributed by atoms with Crippen LogP contribution in [0.4, 0.5) is 11.4 Å². The van der Waals surface area contributed by atoms with E-state index in [1.165, 1.54) is 6.92 Å². The molecule has 0 fully saturated rings. The van der Waals surface area contributed by atoms with Gasteiger partial charge in [0, 0.05) is 13.1 Å². The van der Waals surface area contributed by atoms with Crippen molar-refractivity contribution in [2.24, 2.45) is 0 Å². The van der Waals surface area contributed by atoms with Gasteiger partial charge in [0.1, 0.15) is 6.04 Å². The molecule has 29 heavy (non-hydrogen) atoms. The molecule has 0 aliphatic carbocycles. The van der Waals surface area contributed by atoms with Crippen molar-refractivity contribution in [1.82, 2.24) is 4.90 Å². The molecule has 1 atom stereocenters. The van der Waals surface area contributed by atoms with E-state index in [0.29, 0.717) is 30.0 Å². The second kappa shape index (κ2) is 9.56. The van der Waals surface area contributed by atoms with Crippen LogP contribution < -0.4 is 9.62 Å². The van der Waals surface area contributed by atoms with Gasteiger partial charge in [-0.25, -0.2) is 8.42 Å². The first kappa shape index (κ1) is 22.4. The van der Waals surface area contributed by atoms with Crippen molar-refractivity contribution < 1.29 is 18.0 Å². The van der Waals surface area contributed by atoms with Crippen LogP contribution in [-0.4, -0.2) is 50.5 Å². The maximum absolute atomic E-state index is 12.9. The third-order valence-electron chi connectivity index (χ3n) is 4.57. The quantitative estimate of drug-likeness (QED) is 0.715. The average molecular weight is 418 g/mol. The molecule has 1 N–H and O–H groups in total. The highest BCUT2D eigenvalue weighted by molar-refractivity contribution is 7.92. The van der Waals surface area contributed by atoms with E-state index in [0.717, 1.165) is 10.6 Å². The number of sulfonamides is 1. The van der Waals surface area contributed by atoms with Crippen LogP contribution in [0.2, 0.25) is 0 Å². The Morgan fingerprint density at radius 2 is 1.52 bits per heavy atom. The maximum Gasteiger partial charge on any atom is 0.255 e. The third kappa shape index (κ3) is 5.35. The number of benzene rings is 2. The van der Waals surface area contributed by atoms with E-state index in [2.05, 4.69) is 5.32 Å². The Kier molecular flexibility index (Phi) is 7.39. The smallest absolute Gasteiger partial charge is 0.255 e. The number of rotatable bonds is 8. The van der Waals surface area contributed by atoms with E-state index in [-0.39, 0.29) is 5.91 Å². The second-order valence-electron chi connectivity index (χ2n) is 6.58. The summed E-state index contributed by atoms with van der Waals surface area (Å²) in [7, 11) is -3.70. The molecule has 156 valence electrons. The molecular formula is C21H27N3O4S. The molecule has 2 aromatic carbocycles. The van der Waals surface area contributed by atoms with Crippen molar-refractivity contribution in [3.63, 3.8) is 0 Å². The average Bonchev–Trinajstić information content (AvgIpc) is 2.69. The molecule has 2 rings (SSSR count). The summed E-state index contributed by atoms with van der Waals surface area (Å²) in [6.07, 6.45) is 1.06. The topological polar surface area (TPSA) is 86.8 Å². The second-order valence-corrected chi connectivity index (χ2v) is 8.44. The van der Waals surface area contributed by atoms with Gasteiger partial charge >= 0.3 is 0 Å². The van der Waals surface area contributed by atoms with Crippen molar-refractivity contribution in [3.8, 4) is 0 Å². The predicted molar refractivity (Wildman–Crippen MR) is 116 cm³/mol. The van der Waals surface area contributed by atoms with Crippen LogP contribution in [0.3, 0.4) is 0 Å². The number of para-hydroxylation sites is 2. The number of amides is 2. The first-order chi connectivity index (χ1) is 13.7. The summed E-state index contributed by atoms with van der Waals surface area (Å²) >= 11 is 0. The number of carbonyl (C=O) groups is 2. The molecule has 0 spiro atoms. The van der Waals surface area contributed by atoms with Gasteiger partial charge in [-0.2, -0.15) is 0 Å². The lowest BCUT2D eigenvalue weighted by molar-refractivity contribution is -0.116. The van der Waals surface area contributed by atoms with Crippen molar-refractivity contribution >= 4 is 33.2 Å². The number of nitrogens with one attached hydrogen (secondary N) is 1. The van der Waals surface area contributed by atoms with Gasteiger partial charge in [-0.1, -0.05) is 30.3 Å². The fourth-order valence-corrected chi connectivity index (χ4v) is 4.26. The fourth-order valence-electron chi connectivity index (χ4n) is 3.08. The van der Waals surface area contributed by atoms with E-state index >= 15 is 0 Å². The number of hydrogen-bond acceptors (Lipinski definition) is 4. The first-order valence-electron chi connectivity index (χ1n) is 9.44. The number of anilines is 2. The van der Waals surface area contributed by atoms with Crippen LogP contribution in [-0.2, 0) is 14.8 Å². The maximum atomic E-state index is 12.9. The van der Waals surface area contributed by atoms with E-state index in [1.807, 2.05) is 13.8 Å². The summed E-state index contributed by atoms with van der Waals surface area (Å²) in [5, 5.41) is 2.72. The molecule has 2 aromatic rings. The molecule has 2 amide bonds. The molecule has 7 nitrogen and oxygen atoms in total. The number of nitrogens with zero attached hydrogens (tertiary/aromatic N) is 2. The number of carbonyl (C=O) groups excluding carboxylic acids is 2. The van der Waals surface area contributed by atoms with Crippen LogP contribution in [0.1, 0.15) is 31.1 Å². The molecule has 0 saturated carbocycles. The van der Waals surface area contributed by atoms with E-state index < -0.39 is 22.0 Å². The lowest BCUT2D eigenvalue weighted by Gasteiger charge is -2.28. The minimum atomic E-state index is -3.70. The summed E-state index contributed by atoms with van der Waals surface area (Å²) in [6, 6.07) is 14.1. The lowest BCUT2D eigenvalue weighted by Crippen LogP contribution is -2.45. The molecule has 0 aliphatic heterocycles. The first-order valence-corrected chi connectivity index (χ1v) is 11.3. The van der Waals surface area contributed by atoms with Crippen LogP contribution in [0, 0.1) is 0 Å². The lowest BCUT2D eigenvalue weighted by atomic mass is 10.1. The standard InChI is InChI=1S/C21H27N3O4S/c1-5-23(6-2)21(26)18-14-10-11-15-19(18)22-20(25)16(3)24(29(4,27)28)17-12-8-7-9-13-17/h7-16H,5-6H2,1-4H3,(H,22,25)/t16-/m1/s1. The Labute approximate surface area is 172 Å². The van der Waals surface area contributed by atoms with Crippen LogP contribution in [0.15, 0.2) is 54.6 Å². The molecule has 0 radical (unpaired) electrons. The van der Waals surface area contributed by atoms with Gasteiger partial charge in [-0.3, -0.25) is 13.9 Å². The monoisotopic (exact) mass is 417 g/mol. The van der Waals surface area contributed by atoms with Crippen molar-refractivity contribution in [2.45, 2.75) is 26.8 Å². The Morgan fingerprint density at radius 3 is 2.07 bits per heavy atom. The zero-order valence-corrected chi connectivity index (χ0v) is 17.9. The molecule has 0 heterocycles. The highest BCUT2D eigenvalue weighted by Gasteiger charge is 2.29. The zero-order valence-electron chi connectivity index (χ0n) is 17.1. The van der Waals surface area contributed by atoms with Gasteiger partial charge < -0.3 is 10.2 Å². The molecule has 0 aromatic heterocycles. The van der Waals surface area contributed by atoms with Crippen molar-refractivity contribution in [3.05, 3.63) is 60.2 Å². The van der Waals surface area contributed by atoms with E-state index in [1.54, 1.807) is 59.5 Å². The molecule has 0 unspecified atom stereocenters. The normalized spacial score (nSPS) is 12.1. The van der Waals surface area contributed by atoms with E-state index in [9.17, 15) is 18.0 Å². The van der Waals surface area contributed by atoms with Crippen LogP contribution in [0.25, 0.3) is 0 Å². The molecule has 8 heteroatoms. The summed E-state index contributed by atoms with van der Waals surface area (Å²) in [5.74, 6) is -0.722. The number of hydrogen-bond donors (Lipinski definition) is 1. The Bertz CT molecular complexity index is 957. The van der Waals surface area contributed by atoms with Gasteiger partial charge in [-0.05, 0) is 45.0 Å². The van der Waals surface area contributed by atoms with Gasteiger partial charge in [0.2, 0.25) is 15.9 Å². The summed E-state index contributed by atoms with van der Waals surface area (Å²) in [4.78, 5) is 27.3. The summed E-state index contributed by atoms with van der Waals surface area (Å²) in [5.41, 5.74) is 1.11. The van der Waals surface area contributed by atoms with Crippen LogP contribution in [0.5, 0.6) is 0 Å². The Balaban J connectivity index is 2.33. The highest BCUT2D eigenvalue weighted by atomic mass is 32.2.